The molecule has 3 aromatic carbocycles. The molecule has 37 heavy (non-hydrogen) atoms. The van der Waals surface area contributed by atoms with Crippen LogP contribution in [0.25, 0.3) is 0 Å². The molecule has 0 radical (unpaired) electrons. The second-order valence-corrected chi connectivity index (χ2v) is 14.7. The van der Waals surface area contributed by atoms with Gasteiger partial charge in [0, 0.05) is 6.61 Å². The largest absolute Gasteiger partial charge is 0.407 e. The molecule has 2 N–H and O–H groups in total. The van der Waals surface area contributed by atoms with Crippen LogP contribution in [0, 0.1) is 0 Å². The van der Waals surface area contributed by atoms with Gasteiger partial charge in [-0.25, -0.2) is 0 Å². The maximum absolute atomic E-state index is 11.2. The maximum atomic E-state index is 11.2. The van der Waals surface area contributed by atoms with Gasteiger partial charge in [-0.2, -0.15) is 0 Å². The molecule has 4 nitrogen and oxygen atoms in total. The molecule has 0 unspecified atom stereocenters. The third-order valence-electron chi connectivity index (χ3n) is 6.77. The Morgan fingerprint density at radius 1 is 0.784 bits per heavy atom. The average Bonchev–Trinajstić information content (AvgIpc) is 2.91. The summed E-state index contributed by atoms with van der Waals surface area (Å²) in [4.78, 5) is 0. The molecule has 0 heterocycles. The van der Waals surface area contributed by atoms with Gasteiger partial charge < -0.3 is 19.4 Å². The lowest BCUT2D eigenvalue weighted by Gasteiger charge is -2.43. The molecule has 0 aliphatic heterocycles. The van der Waals surface area contributed by atoms with Crippen LogP contribution < -0.4 is 10.4 Å². The summed E-state index contributed by atoms with van der Waals surface area (Å²) in [6.45, 7) is 7.68. The molecule has 5 heteroatoms. The Bertz CT molecular complexity index is 1010. The number of allylic oxidation sites excluding steroid dienone is 1. The van der Waals surface area contributed by atoms with E-state index in [1.165, 1.54) is 10.4 Å². The molecular weight excluding hydrogens is 476 g/mol. The van der Waals surface area contributed by atoms with Gasteiger partial charge in [-0.3, -0.25) is 0 Å². The number of rotatable bonds is 14. The van der Waals surface area contributed by atoms with E-state index < -0.39 is 14.4 Å². The minimum absolute atomic E-state index is 0.0183. The van der Waals surface area contributed by atoms with Crippen LogP contribution in [0.4, 0.5) is 0 Å². The van der Waals surface area contributed by atoms with Gasteiger partial charge in [0.2, 0.25) is 0 Å². The van der Waals surface area contributed by atoms with Crippen molar-refractivity contribution in [3.05, 3.63) is 109 Å². The molecule has 198 valence electrons. The second kappa shape index (κ2) is 14.4. The number of aliphatic hydroxyl groups is 2. The maximum Gasteiger partial charge on any atom is 0.261 e. The van der Waals surface area contributed by atoms with Crippen LogP contribution in [0.1, 0.15) is 45.6 Å². The van der Waals surface area contributed by atoms with Crippen LogP contribution in [0.3, 0.4) is 0 Å². The van der Waals surface area contributed by atoms with Gasteiger partial charge in [0.05, 0.1) is 25.4 Å². The number of hydrogen-bond acceptors (Lipinski definition) is 4. The number of aliphatic hydroxyl groups excluding tert-OH is 2. The Balaban J connectivity index is 1.77. The van der Waals surface area contributed by atoms with E-state index >= 15 is 0 Å². The molecule has 0 fully saturated rings. The molecule has 0 bridgehead atoms. The van der Waals surface area contributed by atoms with Crippen molar-refractivity contribution in [2.75, 3.05) is 13.2 Å². The van der Waals surface area contributed by atoms with Crippen molar-refractivity contribution in [3.63, 3.8) is 0 Å². The van der Waals surface area contributed by atoms with Crippen molar-refractivity contribution in [3.8, 4) is 0 Å². The SMILES string of the molecule is CC(C)(C)[Si](OCC[C@H](O)[C@H](CC/C=C/CO)OCc1ccccc1)(c1ccccc1)c1ccccc1. The van der Waals surface area contributed by atoms with Crippen molar-refractivity contribution in [1.82, 2.24) is 0 Å². The third-order valence-corrected chi connectivity index (χ3v) is 11.8. The minimum Gasteiger partial charge on any atom is -0.407 e. The van der Waals surface area contributed by atoms with Crippen molar-refractivity contribution < 1.29 is 19.4 Å². The lowest BCUT2D eigenvalue weighted by atomic mass is 10.1. The zero-order chi connectivity index (χ0) is 26.6. The zero-order valence-electron chi connectivity index (χ0n) is 22.4. The number of ether oxygens (including phenoxy) is 1. The van der Waals surface area contributed by atoms with Gasteiger partial charge in [-0.05, 0) is 40.2 Å². The molecule has 3 aromatic rings. The third kappa shape index (κ3) is 7.97. The standard InChI is InChI=1S/C32H42O4Si/c1-32(2,3)37(28-18-10-5-11-19-28,29-20-12-6-13-21-29)36-25-23-30(34)31(22-14-7-15-24-33)35-26-27-16-8-4-9-17-27/h4-13,15-21,30-31,33-34H,14,22-26H2,1-3H3/b15-7+/t30-,31-/m0/s1. The smallest absolute Gasteiger partial charge is 0.261 e. The highest BCUT2D eigenvalue weighted by molar-refractivity contribution is 6.99. The Kier molecular flexibility index (Phi) is 11.3. The molecule has 0 aliphatic rings. The van der Waals surface area contributed by atoms with Crippen LogP contribution in [0.5, 0.6) is 0 Å². The summed E-state index contributed by atoms with van der Waals surface area (Å²) < 4.78 is 13.2. The summed E-state index contributed by atoms with van der Waals surface area (Å²) in [5.41, 5.74) is 1.08. The first-order valence-electron chi connectivity index (χ1n) is 13.2. The summed E-state index contributed by atoms with van der Waals surface area (Å²) >= 11 is 0. The van der Waals surface area contributed by atoms with Crippen molar-refractivity contribution in [2.24, 2.45) is 0 Å². The molecule has 0 amide bonds. The fourth-order valence-electron chi connectivity index (χ4n) is 4.90. The van der Waals surface area contributed by atoms with Crippen molar-refractivity contribution >= 4 is 18.7 Å². The van der Waals surface area contributed by atoms with Crippen molar-refractivity contribution in [1.29, 1.82) is 0 Å². The predicted octanol–water partition coefficient (Wildman–Crippen LogP) is 5.23. The van der Waals surface area contributed by atoms with Crippen LogP contribution >= 0.6 is 0 Å². The zero-order valence-corrected chi connectivity index (χ0v) is 23.4. The van der Waals surface area contributed by atoms with E-state index in [0.29, 0.717) is 26.1 Å². The number of benzene rings is 3. The first-order chi connectivity index (χ1) is 17.9. The lowest BCUT2D eigenvalue weighted by molar-refractivity contribution is -0.0558. The monoisotopic (exact) mass is 518 g/mol. The fourth-order valence-corrected chi connectivity index (χ4v) is 9.48. The van der Waals surface area contributed by atoms with E-state index in [9.17, 15) is 5.11 Å². The van der Waals surface area contributed by atoms with E-state index in [1.54, 1.807) is 6.08 Å². The Morgan fingerprint density at radius 2 is 1.32 bits per heavy atom. The Hall–Kier alpha value is -2.54. The predicted molar refractivity (Wildman–Crippen MR) is 155 cm³/mol. The van der Waals surface area contributed by atoms with E-state index in [1.807, 2.05) is 48.5 Å². The molecule has 0 aromatic heterocycles. The normalized spacial score (nSPS) is 14.1. The summed E-state index contributed by atoms with van der Waals surface area (Å²) in [5, 5.41) is 22.6. The molecule has 3 rings (SSSR count). The highest BCUT2D eigenvalue weighted by Crippen LogP contribution is 2.37. The van der Waals surface area contributed by atoms with Crippen LogP contribution in [-0.2, 0) is 15.8 Å². The van der Waals surface area contributed by atoms with Crippen molar-refractivity contribution in [2.45, 2.75) is 63.9 Å². The summed E-state index contributed by atoms with van der Waals surface area (Å²) in [6, 6.07) is 31.2. The Labute approximate surface area is 223 Å². The molecular formula is C32H42O4Si. The molecule has 0 saturated carbocycles. The molecule has 0 saturated heterocycles. The highest BCUT2D eigenvalue weighted by Gasteiger charge is 2.50. The second-order valence-electron chi connectivity index (χ2n) is 10.4. The van der Waals surface area contributed by atoms with Gasteiger partial charge in [-0.1, -0.05) is 124 Å². The Morgan fingerprint density at radius 3 is 1.84 bits per heavy atom. The number of hydrogen-bond donors (Lipinski definition) is 2. The van der Waals surface area contributed by atoms with Crippen LogP contribution in [-0.4, -0.2) is 44.0 Å². The molecule has 2 atom stereocenters. The fraction of sp³-hybridized carbons (Fsp3) is 0.375. The van der Waals surface area contributed by atoms with E-state index in [4.69, 9.17) is 14.3 Å². The van der Waals surface area contributed by atoms with E-state index in [0.717, 1.165) is 12.0 Å². The summed E-state index contributed by atoms with van der Waals surface area (Å²) in [7, 11) is -2.65. The average molecular weight is 519 g/mol. The summed E-state index contributed by atoms with van der Waals surface area (Å²) in [5.74, 6) is 0. The van der Waals surface area contributed by atoms with Gasteiger partial charge in [0.1, 0.15) is 0 Å². The van der Waals surface area contributed by atoms with Gasteiger partial charge >= 0.3 is 0 Å². The van der Waals surface area contributed by atoms with Gasteiger partial charge in [0.15, 0.2) is 0 Å². The lowest BCUT2D eigenvalue weighted by Crippen LogP contribution is -2.66. The first-order valence-corrected chi connectivity index (χ1v) is 15.1. The minimum atomic E-state index is -2.65. The first kappa shape index (κ1) is 29.0. The van der Waals surface area contributed by atoms with E-state index in [2.05, 4.69) is 69.3 Å². The van der Waals surface area contributed by atoms with Crippen LogP contribution in [0.15, 0.2) is 103 Å². The summed E-state index contributed by atoms with van der Waals surface area (Å²) in [6.07, 6.45) is 4.55. The molecule has 0 spiro atoms. The van der Waals surface area contributed by atoms with Gasteiger partial charge in [0.25, 0.3) is 8.32 Å². The van der Waals surface area contributed by atoms with Crippen LogP contribution in [0.2, 0.25) is 5.04 Å². The molecule has 0 aliphatic carbocycles. The topological polar surface area (TPSA) is 58.9 Å². The van der Waals surface area contributed by atoms with E-state index in [-0.39, 0.29) is 17.7 Å². The quantitative estimate of drug-likeness (QED) is 0.227. The van der Waals surface area contributed by atoms with Gasteiger partial charge in [-0.15, -0.1) is 0 Å². The highest BCUT2D eigenvalue weighted by atomic mass is 28.4.